The third-order valence-corrected chi connectivity index (χ3v) is 8.82. The largest absolute Gasteiger partial charge is 0.467 e. The topological polar surface area (TPSA) is 139 Å². The first-order valence-electron chi connectivity index (χ1n) is 12.4. The molecule has 2 aliphatic carbocycles. The third-order valence-electron chi connectivity index (χ3n) is 7.81. The highest BCUT2D eigenvalue weighted by Crippen LogP contribution is 2.48. The number of aliphatic hydroxyl groups excluding tert-OH is 2. The molecule has 1 amide bonds. The Balaban J connectivity index is 1.15. The first-order valence-corrected chi connectivity index (χ1v) is 13.2. The summed E-state index contributed by atoms with van der Waals surface area (Å²) in [4.78, 5) is 46.5. The van der Waals surface area contributed by atoms with Crippen LogP contribution in [0.2, 0.25) is 0 Å². The van der Waals surface area contributed by atoms with Gasteiger partial charge < -0.3 is 29.3 Å². The number of amides is 1. The van der Waals surface area contributed by atoms with Crippen molar-refractivity contribution in [3.05, 3.63) is 5.69 Å². The van der Waals surface area contributed by atoms with Gasteiger partial charge in [0, 0.05) is 32.1 Å². The second kappa shape index (κ2) is 8.68. The lowest BCUT2D eigenvalue weighted by Gasteiger charge is -2.41. The Bertz CT molecular complexity index is 1040. The minimum absolute atomic E-state index is 0.0175. The van der Waals surface area contributed by atoms with Crippen LogP contribution in [-0.4, -0.2) is 93.6 Å². The van der Waals surface area contributed by atoms with E-state index in [4.69, 9.17) is 14.2 Å². The molecule has 0 radical (unpaired) electrons. The molecule has 12 heteroatoms. The van der Waals surface area contributed by atoms with E-state index in [0.717, 1.165) is 37.7 Å². The summed E-state index contributed by atoms with van der Waals surface area (Å²) in [7, 11) is 0. The van der Waals surface area contributed by atoms with E-state index < -0.39 is 41.8 Å². The standard InChI is InChI=1S/C23H29N3O8S/c27-16-17(28)20(30)34-23(11-15(23)33-19(16)29)21(31)26-8-2-5-14-18(26)35-22(24-14)32-13-6-9-25(10-7-13)12-3-1-4-12/h12-13,15-17,27-28H,1-11H2. The number of thiazole rings is 1. The average molecular weight is 508 g/mol. The number of anilines is 1. The van der Waals surface area contributed by atoms with Gasteiger partial charge in [-0.15, -0.1) is 0 Å². The number of aromatic nitrogens is 1. The smallest absolute Gasteiger partial charge is 0.339 e. The quantitative estimate of drug-likeness (QED) is 0.542. The van der Waals surface area contributed by atoms with Gasteiger partial charge in [-0.05, 0) is 38.5 Å². The summed E-state index contributed by atoms with van der Waals surface area (Å²) in [6.45, 7) is 2.46. The SMILES string of the molecule is O=C1OC2CC2(C(=O)N2CCCc3nc(OC4CCN(C5CCC5)CC4)sc32)OC(=O)C(O)C1O. The van der Waals surface area contributed by atoms with E-state index in [-0.39, 0.29) is 12.5 Å². The number of ether oxygens (including phenoxy) is 3. The van der Waals surface area contributed by atoms with Crippen molar-refractivity contribution < 1.29 is 38.8 Å². The van der Waals surface area contributed by atoms with Crippen LogP contribution in [0.15, 0.2) is 0 Å². The number of aliphatic hydroxyl groups is 2. The predicted octanol–water partition coefficient (Wildman–Crippen LogP) is 0.151. The number of carbonyl (C=O) groups excluding carboxylic acids is 3. The fourth-order valence-electron chi connectivity index (χ4n) is 5.37. The van der Waals surface area contributed by atoms with Gasteiger partial charge in [0.2, 0.25) is 5.60 Å². The van der Waals surface area contributed by atoms with Gasteiger partial charge in [0.25, 0.3) is 11.1 Å². The molecule has 3 aliphatic heterocycles. The number of hydrogen-bond donors (Lipinski definition) is 2. The van der Waals surface area contributed by atoms with E-state index in [1.807, 2.05) is 0 Å². The molecule has 0 bridgehead atoms. The van der Waals surface area contributed by atoms with Crippen molar-refractivity contribution in [1.29, 1.82) is 0 Å². The number of esters is 2. The molecule has 11 nitrogen and oxygen atoms in total. The summed E-state index contributed by atoms with van der Waals surface area (Å²) in [5.74, 6) is -2.88. The summed E-state index contributed by atoms with van der Waals surface area (Å²) in [6, 6.07) is 0.736. The Kier molecular flexibility index (Phi) is 5.74. The molecule has 190 valence electrons. The van der Waals surface area contributed by atoms with Gasteiger partial charge in [-0.1, -0.05) is 17.8 Å². The molecule has 2 saturated carbocycles. The van der Waals surface area contributed by atoms with Gasteiger partial charge in [0.15, 0.2) is 18.3 Å². The molecule has 0 aromatic carbocycles. The second-order valence-corrected chi connectivity index (χ2v) is 11.0. The van der Waals surface area contributed by atoms with Gasteiger partial charge in [-0.3, -0.25) is 9.69 Å². The fraction of sp³-hybridized carbons (Fsp3) is 0.739. The maximum Gasteiger partial charge on any atom is 0.339 e. The van der Waals surface area contributed by atoms with E-state index in [9.17, 15) is 24.6 Å². The number of hydrogen-bond acceptors (Lipinski definition) is 11. The van der Waals surface area contributed by atoms with Gasteiger partial charge >= 0.3 is 11.9 Å². The first kappa shape index (κ1) is 23.1. The van der Waals surface area contributed by atoms with Crippen LogP contribution < -0.4 is 9.64 Å². The molecule has 4 fully saturated rings. The van der Waals surface area contributed by atoms with Crippen LogP contribution in [0.1, 0.15) is 50.6 Å². The van der Waals surface area contributed by atoms with Crippen molar-refractivity contribution in [2.75, 3.05) is 24.5 Å². The van der Waals surface area contributed by atoms with Crippen molar-refractivity contribution >= 4 is 34.2 Å². The molecular weight excluding hydrogens is 478 g/mol. The zero-order valence-corrected chi connectivity index (χ0v) is 20.1. The molecule has 4 atom stereocenters. The van der Waals surface area contributed by atoms with E-state index in [0.29, 0.717) is 29.6 Å². The number of carbonyl (C=O) groups is 3. The zero-order valence-electron chi connectivity index (χ0n) is 19.3. The Morgan fingerprint density at radius 3 is 2.51 bits per heavy atom. The number of likely N-dealkylation sites (tertiary alicyclic amines) is 1. The minimum Gasteiger partial charge on any atom is -0.467 e. The van der Waals surface area contributed by atoms with Crippen molar-refractivity contribution in [3.8, 4) is 5.19 Å². The maximum atomic E-state index is 13.6. The number of rotatable bonds is 4. The minimum atomic E-state index is -2.11. The molecule has 5 aliphatic rings. The van der Waals surface area contributed by atoms with E-state index in [1.165, 1.54) is 35.5 Å². The van der Waals surface area contributed by atoms with Crippen LogP contribution in [-0.2, 0) is 30.3 Å². The zero-order chi connectivity index (χ0) is 24.3. The normalized spacial score (nSPS) is 34.0. The van der Waals surface area contributed by atoms with Crippen LogP contribution in [0.25, 0.3) is 0 Å². The maximum absolute atomic E-state index is 13.6. The number of aryl methyl sites for hydroxylation is 1. The van der Waals surface area contributed by atoms with E-state index >= 15 is 0 Å². The third kappa shape index (κ3) is 4.00. The second-order valence-electron chi connectivity index (χ2n) is 10.1. The lowest BCUT2D eigenvalue weighted by molar-refractivity contribution is -0.190. The summed E-state index contributed by atoms with van der Waals surface area (Å²) >= 11 is 1.30. The molecule has 6 rings (SSSR count). The summed E-state index contributed by atoms with van der Waals surface area (Å²) in [5, 5.41) is 20.8. The van der Waals surface area contributed by atoms with Crippen LogP contribution >= 0.6 is 11.3 Å². The summed E-state index contributed by atoms with van der Waals surface area (Å²) < 4.78 is 16.7. The van der Waals surface area contributed by atoms with Crippen molar-refractivity contribution in [2.45, 2.75) is 87.4 Å². The molecule has 0 spiro atoms. The Labute approximate surface area is 205 Å². The van der Waals surface area contributed by atoms with Gasteiger partial charge in [0.05, 0.1) is 5.69 Å². The van der Waals surface area contributed by atoms with Gasteiger partial charge in [-0.2, -0.15) is 0 Å². The highest BCUT2D eigenvalue weighted by molar-refractivity contribution is 7.17. The molecule has 1 aromatic heterocycles. The molecule has 2 N–H and O–H groups in total. The van der Waals surface area contributed by atoms with Crippen LogP contribution in [0.3, 0.4) is 0 Å². The van der Waals surface area contributed by atoms with Crippen LogP contribution in [0.5, 0.6) is 5.19 Å². The molecule has 4 unspecified atom stereocenters. The Hall–Kier alpha value is -2.28. The lowest BCUT2D eigenvalue weighted by atomic mass is 9.90. The first-order chi connectivity index (χ1) is 16.9. The van der Waals surface area contributed by atoms with Crippen molar-refractivity contribution in [1.82, 2.24) is 9.88 Å². The van der Waals surface area contributed by atoms with Crippen molar-refractivity contribution in [3.63, 3.8) is 0 Å². The van der Waals surface area contributed by atoms with Gasteiger partial charge in [-0.25, -0.2) is 14.6 Å². The molecular formula is C23H29N3O8S. The average Bonchev–Trinajstić information content (AvgIpc) is 3.32. The monoisotopic (exact) mass is 507 g/mol. The summed E-state index contributed by atoms with van der Waals surface area (Å²) in [6.07, 6.45) is 2.13. The summed E-state index contributed by atoms with van der Waals surface area (Å²) in [5.41, 5.74) is -0.934. The highest BCUT2D eigenvalue weighted by atomic mass is 32.1. The number of piperidine rings is 1. The molecule has 35 heavy (non-hydrogen) atoms. The van der Waals surface area contributed by atoms with Crippen LogP contribution in [0.4, 0.5) is 5.00 Å². The fourth-order valence-corrected chi connectivity index (χ4v) is 6.42. The van der Waals surface area contributed by atoms with Crippen LogP contribution in [0, 0.1) is 0 Å². The predicted molar refractivity (Wildman–Crippen MR) is 121 cm³/mol. The molecule has 2 saturated heterocycles. The highest BCUT2D eigenvalue weighted by Gasteiger charge is 2.70. The van der Waals surface area contributed by atoms with E-state index in [1.54, 1.807) is 0 Å². The molecule has 1 aromatic rings. The molecule has 4 heterocycles. The number of fused-ring (bicyclic) bond motifs is 2. The lowest BCUT2D eigenvalue weighted by Crippen LogP contribution is -2.52. The van der Waals surface area contributed by atoms with Gasteiger partial charge in [0.1, 0.15) is 11.1 Å². The van der Waals surface area contributed by atoms with E-state index in [2.05, 4.69) is 9.88 Å². The number of nitrogens with zero attached hydrogens (tertiary/aromatic N) is 3. The Morgan fingerprint density at radius 2 is 1.80 bits per heavy atom. The van der Waals surface area contributed by atoms with Crippen molar-refractivity contribution in [2.24, 2.45) is 0 Å². The Morgan fingerprint density at radius 1 is 1.06 bits per heavy atom.